The minimum Gasteiger partial charge on any atom is -0.379 e. The standard InChI is InChI=1S/C22H26N2O2S/c25-21(20-9-5-4-8-19(20)18-6-2-1-3-7-18)23-16-22(10-15-27-17-22)24-11-13-26-14-12-24/h1-9H,10-17H2,(H,23,25). The molecule has 5 heteroatoms. The number of carbonyl (C=O) groups is 1. The van der Waals surface area contributed by atoms with Crippen molar-refractivity contribution in [3.63, 3.8) is 0 Å². The lowest BCUT2D eigenvalue weighted by atomic mass is 9.94. The summed E-state index contributed by atoms with van der Waals surface area (Å²) in [5.74, 6) is 2.25. The number of carbonyl (C=O) groups excluding carboxylic acids is 1. The van der Waals surface area contributed by atoms with Crippen molar-refractivity contribution in [3.8, 4) is 11.1 Å². The number of nitrogens with zero attached hydrogens (tertiary/aromatic N) is 1. The Hall–Kier alpha value is -1.82. The summed E-state index contributed by atoms with van der Waals surface area (Å²) in [5.41, 5.74) is 2.86. The fraction of sp³-hybridized carbons (Fsp3) is 0.409. The van der Waals surface area contributed by atoms with E-state index in [4.69, 9.17) is 4.74 Å². The zero-order valence-electron chi connectivity index (χ0n) is 15.5. The second kappa shape index (κ2) is 8.46. The highest BCUT2D eigenvalue weighted by Gasteiger charge is 2.40. The summed E-state index contributed by atoms with van der Waals surface area (Å²) in [6.45, 7) is 4.18. The molecule has 1 N–H and O–H groups in total. The van der Waals surface area contributed by atoms with E-state index in [0.717, 1.165) is 60.9 Å². The molecule has 0 radical (unpaired) electrons. The Morgan fingerprint density at radius 3 is 2.56 bits per heavy atom. The van der Waals surface area contributed by atoms with Crippen LogP contribution in [0, 0.1) is 0 Å². The Balaban J connectivity index is 1.51. The van der Waals surface area contributed by atoms with Gasteiger partial charge in [-0.25, -0.2) is 0 Å². The smallest absolute Gasteiger partial charge is 0.251 e. The molecule has 1 unspecified atom stereocenters. The fourth-order valence-electron chi connectivity index (χ4n) is 4.03. The molecule has 2 aromatic carbocycles. The molecule has 0 saturated carbocycles. The molecule has 0 bridgehead atoms. The lowest BCUT2D eigenvalue weighted by Crippen LogP contribution is -2.59. The van der Waals surface area contributed by atoms with Crippen LogP contribution >= 0.6 is 11.8 Å². The van der Waals surface area contributed by atoms with E-state index >= 15 is 0 Å². The van der Waals surface area contributed by atoms with Gasteiger partial charge in [0, 0.05) is 36.5 Å². The first kappa shape index (κ1) is 18.5. The molecule has 1 atom stereocenters. The molecule has 2 aliphatic heterocycles. The third-order valence-corrected chi connectivity index (χ3v) is 6.83. The van der Waals surface area contributed by atoms with Crippen LogP contribution in [0.1, 0.15) is 16.8 Å². The van der Waals surface area contributed by atoms with Gasteiger partial charge < -0.3 is 10.1 Å². The number of hydrogen-bond donors (Lipinski definition) is 1. The van der Waals surface area contributed by atoms with Gasteiger partial charge in [-0.2, -0.15) is 11.8 Å². The second-order valence-corrected chi connectivity index (χ2v) is 8.33. The molecular weight excluding hydrogens is 356 g/mol. The van der Waals surface area contributed by atoms with Crippen molar-refractivity contribution in [1.29, 1.82) is 0 Å². The van der Waals surface area contributed by atoms with E-state index < -0.39 is 0 Å². The van der Waals surface area contributed by atoms with Gasteiger partial charge in [0.2, 0.25) is 0 Å². The van der Waals surface area contributed by atoms with E-state index in [1.807, 2.05) is 54.2 Å². The maximum atomic E-state index is 13.1. The normalized spacial score (nSPS) is 23.3. The maximum absolute atomic E-state index is 13.1. The van der Waals surface area contributed by atoms with Crippen LogP contribution in [0.2, 0.25) is 0 Å². The first-order chi connectivity index (χ1) is 13.3. The minimum absolute atomic E-state index is 0.0130. The fourth-order valence-corrected chi connectivity index (χ4v) is 5.50. The summed E-state index contributed by atoms with van der Waals surface area (Å²) in [5, 5.41) is 3.25. The number of benzene rings is 2. The number of rotatable bonds is 5. The number of morpholine rings is 1. The number of thioether (sulfide) groups is 1. The summed E-state index contributed by atoms with van der Waals surface area (Å²) in [6, 6.07) is 18.0. The van der Waals surface area contributed by atoms with Gasteiger partial charge in [-0.1, -0.05) is 48.5 Å². The molecule has 1 amide bonds. The molecule has 142 valence electrons. The Bertz CT molecular complexity index is 769. The summed E-state index contributed by atoms with van der Waals surface area (Å²) in [6.07, 6.45) is 1.12. The van der Waals surface area contributed by atoms with Crippen LogP contribution in [-0.4, -0.2) is 60.7 Å². The molecule has 4 rings (SSSR count). The molecule has 27 heavy (non-hydrogen) atoms. The quantitative estimate of drug-likeness (QED) is 0.862. The number of nitrogens with one attached hydrogen (secondary N) is 1. The van der Waals surface area contributed by atoms with E-state index in [1.165, 1.54) is 0 Å². The summed E-state index contributed by atoms with van der Waals surface area (Å²) in [7, 11) is 0. The van der Waals surface area contributed by atoms with Crippen molar-refractivity contribution < 1.29 is 9.53 Å². The number of amides is 1. The summed E-state index contributed by atoms with van der Waals surface area (Å²) >= 11 is 1.99. The monoisotopic (exact) mass is 382 g/mol. The van der Waals surface area contributed by atoms with Crippen LogP contribution in [-0.2, 0) is 4.74 Å². The third kappa shape index (κ3) is 4.05. The van der Waals surface area contributed by atoms with E-state index in [-0.39, 0.29) is 11.4 Å². The van der Waals surface area contributed by atoms with Crippen molar-refractivity contribution in [2.24, 2.45) is 0 Å². The van der Waals surface area contributed by atoms with Gasteiger partial charge >= 0.3 is 0 Å². The Labute approximate surface area is 165 Å². The molecule has 0 spiro atoms. The highest BCUT2D eigenvalue weighted by Crippen LogP contribution is 2.34. The van der Waals surface area contributed by atoms with Crippen molar-refractivity contribution in [3.05, 3.63) is 60.2 Å². The van der Waals surface area contributed by atoms with Gasteiger partial charge in [-0.15, -0.1) is 0 Å². The third-order valence-electron chi connectivity index (χ3n) is 5.60. The summed E-state index contributed by atoms with van der Waals surface area (Å²) < 4.78 is 5.53. The summed E-state index contributed by atoms with van der Waals surface area (Å²) in [4.78, 5) is 15.6. The molecule has 0 aromatic heterocycles. The maximum Gasteiger partial charge on any atom is 0.251 e. The average Bonchev–Trinajstić information content (AvgIpc) is 3.24. The van der Waals surface area contributed by atoms with Crippen LogP contribution in [0.4, 0.5) is 0 Å². The first-order valence-electron chi connectivity index (χ1n) is 9.62. The van der Waals surface area contributed by atoms with Gasteiger partial charge in [0.05, 0.1) is 13.2 Å². The van der Waals surface area contributed by atoms with Crippen molar-refractivity contribution >= 4 is 17.7 Å². The lowest BCUT2D eigenvalue weighted by Gasteiger charge is -2.43. The molecule has 2 saturated heterocycles. The van der Waals surface area contributed by atoms with E-state index in [9.17, 15) is 4.79 Å². The zero-order chi connectivity index (χ0) is 18.5. The van der Waals surface area contributed by atoms with Crippen molar-refractivity contribution in [1.82, 2.24) is 10.2 Å². The van der Waals surface area contributed by atoms with Crippen LogP contribution in [0.3, 0.4) is 0 Å². The number of ether oxygens (including phenoxy) is 1. The topological polar surface area (TPSA) is 41.6 Å². The Morgan fingerprint density at radius 1 is 1.07 bits per heavy atom. The molecule has 2 aliphatic rings. The highest BCUT2D eigenvalue weighted by molar-refractivity contribution is 7.99. The van der Waals surface area contributed by atoms with Gasteiger partial charge in [0.1, 0.15) is 0 Å². The van der Waals surface area contributed by atoms with E-state index in [2.05, 4.69) is 22.3 Å². The van der Waals surface area contributed by atoms with Gasteiger partial charge in [0.15, 0.2) is 0 Å². The largest absolute Gasteiger partial charge is 0.379 e. The van der Waals surface area contributed by atoms with Crippen molar-refractivity contribution in [2.45, 2.75) is 12.0 Å². The Morgan fingerprint density at radius 2 is 1.81 bits per heavy atom. The average molecular weight is 383 g/mol. The highest BCUT2D eigenvalue weighted by atomic mass is 32.2. The van der Waals surface area contributed by atoms with Gasteiger partial charge in [-0.3, -0.25) is 9.69 Å². The van der Waals surface area contributed by atoms with Crippen LogP contribution in [0.5, 0.6) is 0 Å². The van der Waals surface area contributed by atoms with E-state index in [0.29, 0.717) is 6.54 Å². The first-order valence-corrected chi connectivity index (χ1v) is 10.8. The van der Waals surface area contributed by atoms with Gasteiger partial charge in [0.25, 0.3) is 5.91 Å². The SMILES string of the molecule is O=C(NCC1(N2CCOCC2)CCSC1)c1ccccc1-c1ccccc1. The predicted molar refractivity (Wildman–Crippen MR) is 111 cm³/mol. The second-order valence-electron chi connectivity index (χ2n) is 7.22. The van der Waals surface area contributed by atoms with Crippen LogP contribution < -0.4 is 5.32 Å². The molecular formula is C22H26N2O2S. The van der Waals surface area contributed by atoms with Crippen molar-refractivity contribution in [2.75, 3.05) is 44.4 Å². The predicted octanol–water partition coefficient (Wildman–Crippen LogP) is 3.29. The van der Waals surface area contributed by atoms with E-state index in [1.54, 1.807) is 0 Å². The lowest BCUT2D eigenvalue weighted by molar-refractivity contribution is -0.0129. The van der Waals surface area contributed by atoms with Crippen LogP contribution in [0.25, 0.3) is 11.1 Å². The molecule has 2 fully saturated rings. The minimum atomic E-state index is 0.0130. The molecule has 2 aromatic rings. The van der Waals surface area contributed by atoms with Gasteiger partial charge in [-0.05, 0) is 29.4 Å². The van der Waals surface area contributed by atoms with Crippen LogP contribution in [0.15, 0.2) is 54.6 Å². The Kier molecular flexibility index (Phi) is 5.81. The number of hydrogen-bond acceptors (Lipinski definition) is 4. The molecule has 4 nitrogen and oxygen atoms in total. The zero-order valence-corrected chi connectivity index (χ0v) is 16.3. The molecule has 2 heterocycles. The molecule has 0 aliphatic carbocycles.